The monoisotopic (exact) mass is 1890 g/mol. The van der Waals surface area contributed by atoms with E-state index in [0.29, 0.717) is 33.6 Å². The number of thioether (sulfide) groups is 1. The first-order valence-electron chi connectivity index (χ1n) is 43.8. The van der Waals surface area contributed by atoms with Crippen LogP contribution in [0.3, 0.4) is 0 Å². The van der Waals surface area contributed by atoms with Crippen molar-refractivity contribution in [1.29, 1.82) is 5.41 Å². The molecule has 1 aliphatic heterocycles. The van der Waals surface area contributed by atoms with Crippen LogP contribution in [-0.4, -0.2) is 260 Å². The molecule has 43 heteroatoms. The zero-order chi connectivity index (χ0) is 98.3. The molecular formula is C91H122N20O21S2. The maximum absolute atomic E-state index is 15.0. The second-order valence-electron chi connectivity index (χ2n) is 33.2. The molecule has 0 aliphatic carbocycles. The Morgan fingerprint density at radius 2 is 1.01 bits per heavy atom. The molecule has 0 radical (unpaired) electrons. The number of fused-ring (bicyclic) bond motifs is 1. The summed E-state index contributed by atoms with van der Waals surface area (Å²) in [5.41, 5.74) is 9.28. The number of hydrogen-bond donors (Lipinski definition) is 20. The maximum Gasteiger partial charge on any atom is 0.328 e. The van der Waals surface area contributed by atoms with Crippen molar-refractivity contribution in [1.82, 2.24) is 74.0 Å². The fourth-order valence-electron chi connectivity index (χ4n) is 14.4. The summed E-state index contributed by atoms with van der Waals surface area (Å²) in [4.78, 5) is 213. The Balaban J connectivity index is 0.997. The minimum atomic E-state index is -4.52. The van der Waals surface area contributed by atoms with Gasteiger partial charge in [0.05, 0.1) is 18.0 Å². The standard InChI is InChI=1S/C91H122N20O21S2/c1-53(2)47-68(102-79(117)55(5)98-77(114)39-38-76(113)95-44-43-94-64-25-15-24-63-62(64)23-16-28-75(63)134(130,131)132)84(122)100-66(37-40-78(115)116)82(120)99-65(26-17-42-96-91(92)93)81(119)101-67(41-46-133-8)83(121)104-70(49-56-19-11-9-12-20-56)86(124)103-69(48-54(3)4)85(123)107-73(52-112)87(125)105-71(50-57-21-13-10-14-22-57)89(127)111-45-18-27-74(111)88(126)106-72(90(128)129)51-97-80(118)58-29-31-59(32-30-58)108-109-60-33-35-61(36-34-60)110(6)7/h9-16,19-25,28-36,53-55,65-74,94,112H,17-18,26-27,37-52H2,1-8H3,(H,95,113)(H,97,118)(H,98,114)(H,99,120)(H,100,122)(H,101,119)(H,102,117)(H,103,124)(H,104,121)(H,105,125)(H,106,126)(H,107,123)(H,115,116)(H,128,129)(H4,92,93,96)(H,130,131,132)/t55-,65-,66-,67-,68-,69-,70-,71-,72-,73-,74-/m0/s1. The van der Waals surface area contributed by atoms with Crippen LogP contribution in [0.1, 0.15) is 127 Å². The van der Waals surface area contributed by atoms with E-state index in [1.165, 1.54) is 53.9 Å². The van der Waals surface area contributed by atoms with Gasteiger partial charge in [0, 0.05) is 107 Å². The molecule has 0 bridgehead atoms. The number of nitrogens with two attached hydrogens (primary N) is 1. The van der Waals surface area contributed by atoms with E-state index in [-0.39, 0.29) is 130 Å². The Hall–Kier alpha value is -13.7. The molecule has 1 saturated heterocycles. The number of anilines is 2. The maximum atomic E-state index is 15.0. The highest BCUT2D eigenvalue weighted by molar-refractivity contribution is 7.98. The molecule has 11 atom stereocenters. The first-order valence-corrected chi connectivity index (χ1v) is 46.7. The summed E-state index contributed by atoms with van der Waals surface area (Å²) in [7, 11) is -0.707. The van der Waals surface area contributed by atoms with Crippen molar-refractivity contribution in [3.8, 4) is 0 Å². The molecule has 134 heavy (non-hydrogen) atoms. The minimum Gasteiger partial charge on any atom is -0.481 e. The lowest BCUT2D eigenvalue weighted by atomic mass is 10.00. The quantitative estimate of drug-likeness (QED) is 0.00858. The lowest BCUT2D eigenvalue weighted by Crippen LogP contribution is -2.61. The van der Waals surface area contributed by atoms with Crippen LogP contribution >= 0.6 is 11.8 Å². The number of hydrogen-bond acceptors (Lipinski definition) is 24. The molecule has 0 aromatic heterocycles. The first-order chi connectivity index (χ1) is 63.7. The van der Waals surface area contributed by atoms with Gasteiger partial charge in [-0.2, -0.15) is 30.4 Å². The fourth-order valence-corrected chi connectivity index (χ4v) is 15.6. The number of guanidine groups is 1. The molecule has 1 heterocycles. The summed E-state index contributed by atoms with van der Waals surface area (Å²) in [6.45, 7) is 6.83. The van der Waals surface area contributed by atoms with Crippen LogP contribution in [0.25, 0.3) is 10.8 Å². The average Bonchev–Trinajstić information content (AvgIpc) is 0.905. The third-order valence-corrected chi connectivity index (χ3v) is 23.0. The Kier molecular flexibility index (Phi) is 43.0. The Bertz CT molecular complexity index is 5210. The second-order valence-corrected chi connectivity index (χ2v) is 35.5. The molecule has 724 valence electrons. The van der Waals surface area contributed by atoms with Crippen molar-refractivity contribution < 1.29 is 100 Å². The number of carbonyl (C=O) groups excluding carboxylic acids is 13. The van der Waals surface area contributed by atoms with Gasteiger partial charge in [0.15, 0.2) is 5.96 Å². The summed E-state index contributed by atoms with van der Waals surface area (Å²) in [5.74, 6) is -15.1. The van der Waals surface area contributed by atoms with E-state index in [0.717, 1.165) is 5.69 Å². The number of likely N-dealkylation sites (tertiary alicyclic amines) is 1. The van der Waals surface area contributed by atoms with Gasteiger partial charge in [-0.3, -0.25) is 77.1 Å². The molecule has 1 aliphatic rings. The minimum absolute atomic E-state index is 0.0152. The van der Waals surface area contributed by atoms with Crippen molar-refractivity contribution in [2.45, 2.75) is 189 Å². The number of aliphatic carboxylic acids is 2. The van der Waals surface area contributed by atoms with Gasteiger partial charge in [-0.1, -0.05) is 113 Å². The van der Waals surface area contributed by atoms with E-state index >= 15 is 0 Å². The molecule has 0 saturated carbocycles. The molecule has 7 rings (SSSR count). The summed E-state index contributed by atoms with van der Waals surface area (Å²) in [6, 6.07) is 22.7. The van der Waals surface area contributed by atoms with E-state index in [1.54, 1.807) is 137 Å². The van der Waals surface area contributed by atoms with Crippen LogP contribution in [0.4, 0.5) is 22.7 Å². The van der Waals surface area contributed by atoms with Crippen LogP contribution in [0.2, 0.25) is 0 Å². The molecule has 0 unspecified atom stereocenters. The van der Waals surface area contributed by atoms with Crippen LogP contribution in [0, 0.1) is 17.2 Å². The predicted octanol–water partition coefficient (Wildman–Crippen LogP) is 2.70. The number of nitrogens with zero attached hydrogens (tertiary/aromatic N) is 4. The van der Waals surface area contributed by atoms with Crippen molar-refractivity contribution in [3.05, 3.63) is 162 Å². The molecule has 21 N–H and O–H groups in total. The number of aliphatic hydroxyl groups is 1. The van der Waals surface area contributed by atoms with Gasteiger partial charge < -0.3 is 105 Å². The van der Waals surface area contributed by atoms with Gasteiger partial charge in [0.25, 0.3) is 16.0 Å². The van der Waals surface area contributed by atoms with Crippen LogP contribution in [0.5, 0.6) is 0 Å². The smallest absolute Gasteiger partial charge is 0.328 e. The Morgan fingerprint density at radius 1 is 0.515 bits per heavy atom. The van der Waals surface area contributed by atoms with Gasteiger partial charge in [0.1, 0.15) is 71.4 Å². The third-order valence-electron chi connectivity index (χ3n) is 21.4. The van der Waals surface area contributed by atoms with Crippen molar-refractivity contribution >= 4 is 150 Å². The zero-order valence-electron chi connectivity index (χ0n) is 75.9. The van der Waals surface area contributed by atoms with E-state index in [4.69, 9.17) is 11.1 Å². The number of carboxylic acids is 2. The lowest BCUT2D eigenvalue weighted by molar-refractivity contribution is -0.145. The topological polar surface area (TPSA) is 621 Å². The highest BCUT2D eigenvalue weighted by atomic mass is 32.2. The van der Waals surface area contributed by atoms with Gasteiger partial charge in [0.2, 0.25) is 70.9 Å². The highest BCUT2D eigenvalue weighted by Gasteiger charge is 2.42. The van der Waals surface area contributed by atoms with Crippen LogP contribution in [-0.2, 0) is 90.1 Å². The van der Waals surface area contributed by atoms with Gasteiger partial charge in [-0.05, 0) is 154 Å². The first kappa shape index (κ1) is 107. The number of nitrogens with one attached hydrogen (secondary N) is 15. The van der Waals surface area contributed by atoms with Crippen molar-refractivity contribution in [2.24, 2.45) is 27.8 Å². The summed E-state index contributed by atoms with van der Waals surface area (Å²) in [5, 5.41) is 84.7. The predicted molar refractivity (Wildman–Crippen MR) is 501 cm³/mol. The second kappa shape index (κ2) is 53.7. The van der Waals surface area contributed by atoms with Crippen molar-refractivity contribution in [3.63, 3.8) is 0 Å². The average molecular weight is 1900 g/mol. The van der Waals surface area contributed by atoms with Gasteiger partial charge in [-0.25, -0.2) is 4.79 Å². The van der Waals surface area contributed by atoms with E-state index in [2.05, 4.69) is 84.7 Å². The van der Waals surface area contributed by atoms with Gasteiger partial charge >= 0.3 is 11.9 Å². The molecular weight excluding hydrogens is 1770 g/mol. The van der Waals surface area contributed by atoms with E-state index < -0.39 is 197 Å². The molecule has 6 aromatic carbocycles. The van der Waals surface area contributed by atoms with Crippen molar-refractivity contribution in [2.75, 3.05) is 75.7 Å². The van der Waals surface area contributed by atoms with E-state index in [9.17, 15) is 100 Å². The number of carbonyl (C=O) groups is 15. The SMILES string of the molecule is CSCC[C@H](NC(=O)[C@H](CCCNC(=N)N)NC(=O)[C@H](CCC(=O)O)NC(=O)[C@H](CC(C)C)NC(=O)[C@H](C)NC(=O)CCC(=O)NCCNc1cccc2c(S(=O)(=O)O)cccc12)C(=O)N[C@@H](Cc1ccccc1)C(=O)N[C@@H](CC(C)C)C(=O)N[C@@H](CO)C(=O)N[C@@H](Cc1ccccc1)C(=O)N1CCC[C@H]1C(=O)N[C@@H](CNC(=O)c1ccc(N=Nc2ccc(N(C)C)cc2)cc1)C(=O)O. The Labute approximate surface area is 780 Å². The fraction of sp³-hybridized carbons (Fsp3) is 0.451. The molecule has 13 amide bonds. The number of carboxylic acid groups (broad SMARTS) is 2. The largest absolute Gasteiger partial charge is 0.481 e. The number of benzene rings is 6. The number of rotatable bonds is 54. The summed E-state index contributed by atoms with van der Waals surface area (Å²) >= 11 is 1.28. The number of azo groups is 1. The van der Waals surface area contributed by atoms with E-state index in [1.807, 2.05) is 31.1 Å². The van der Waals surface area contributed by atoms with Gasteiger partial charge in [-0.15, -0.1) is 0 Å². The number of amides is 13. The van der Waals surface area contributed by atoms with Crippen LogP contribution < -0.4 is 85.1 Å². The normalized spacial score (nSPS) is 14.7. The highest BCUT2D eigenvalue weighted by Crippen LogP contribution is 2.30. The summed E-state index contributed by atoms with van der Waals surface area (Å²) < 4.78 is 33.6. The lowest BCUT2D eigenvalue weighted by Gasteiger charge is -2.31. The number of aliphatic hydroxyl groups excluding tert-OH is 1. The molecule has 0 spiro atoms. The zero-order valence-corrected chi connectivity index (χ0v) is 77.5. The summed E-state index contributed by atoms with van der Waals surface area (Å²) in [6.07, 6.45) is -0.715. The van der Waals surface area contributed by atoms with Crippen LogP contribution in [0.15, 0.2) is 161 Å². The third kappa shape index (κ3) is 35.5. The molecule has 1 fully saturated rings. The Morgan fingerprint density at radius 3 is 1.55 bits per heavy atom. The molecule has 41 nitrogen and oxygen atoms in total. The molecule has 6 aromatic rings.